The first kappa shape index (κ1) is 14.1. The molecular weight excluding hydrogens is 236 g/mol. The Kier molecular flexibility index (Phi) is 4.59. The van der Waals surface area contributed by atoms with Crippen molar-refractivity contribution in [2.24, 2.45) is 11.1 Å². The van der Waals surface area contributed by atoms with Crippen LogP contribution in [0.15, 0.2) is 24.3 Å². The molecule has 1 saturated carbocycles. The third kappa shape index (κ3) is 3.80. The first-order valence-corrected chi connectivity index (χ1v) is 7.26. The number of amides is 1. The van der Waals surface area contributed by atoms with Crippen molar-refractivity contribution in [1.29, 1.82) is 0 Å². The van der Waals surface area contributed by atoms with Crippen molar-refractivity contribution in [3.05, 3.63) is 35.4 Å². The first-order chi connectivity index (χ1) is 9.19. The van der Waals surface area contributed by atoms with Crippen LogP contribution in [-0.2, 0) is 6.42 Å². The smallest absolute Gasteiger partial charge is 0.251 e. The monoisotopic (exact) mass is 260 g/mol. The lowest BCUT2D eigenvalue weighted by Gasteiger charge is -2.15. The van der Waals surface area contributed by atoms with Crippen molar-refractivity contribution in [2.45, 2.75) is 39.0 Å². The molecule has 0 bridgehead atoms. The third-order valence-corrected chi connectivity index (χ3v) is 4.01. The van der Waals surface area contributed by atoms with Crippen molar-refractivity contribution in [3.8, 4) is 0 Å². The van der Waals surface area contributed by atoms with Crippen LogP contribution in [0.1, 0.15) is 48.5 Å². The number of carbonyl (C=O) groups is 1. The molecule has 0 aromatic heterocycles. The summed E-state index contributed by atoms with van der Waals surface area (Å²) in [6, 6.07) is 7.75. The number of hydrogen-bond donors (Lipinski definition) is 2. The molecule has 1 aliphatic rings. The summed E-state index contributed by atoms with van der Waals surface area (Å²) < 4.78 is 0. The third-order valence-electron chi connectivity index (χ3n) is 4.01. The van der Waals surface area contributed by atoms with E-state index in [1.807, 2.05) is 24.3 Å². The standard InChI is InChI=1S/C16H24N2O/c1-2-8-16(9-10-16)12-18-15(19)14-5-3-13(4-6-14)7-11-17/h3-6H,2,7-12,17H2,1H3,(H,18,19). The molecule has 0 spiro atoms. The zero-order valence-corrected chi connectivity index (χ0v) is 11.7. The Morgan fingerprint density at radius 3 is 2.53 bits per heavy atom. The van der Waals surface area contributed by atoms with Crippen LogP contribution < -0.4 is 11.1 Å². The quantitative estimate of drug-likeness (QED) is 0.791. The zero-order valence-electron chi connectivity index (χ0n) is 11.7. The Labute approximate surface area is 115 Å². The second kappa shape index (κ2) is 6.20. The fourth-order valence-electron chi connectivity index (χ4n) is 2.58. The normalized spacial score (nSPS) is 16.1. The number of carbonyl (C=O) groups excluding carboxylic acids is 1. The molecule has 0 radical (unpaired) electrons. The SMILES string of the molecule is CCCC1(CNC(=O)c2ccc(CCN)cc2)CC1. The fourth-order valence-corrected chi connectivity index (χ4v) is 2.58. The van der Waals surface area contributed by atoms with Crippen molar-refractivity contribution in [3.63, 3.8) is 0 Å². The van der Waals surface area contributed by atoms with Gasteiger partial charge in [-0.25, -0.2) is 0 Å². The Balaban J connectivity index is 1.86. The number of benzene rings is 1. The van der Waals surface area contributed by atoms with E-state index in [0.29, 0.717) is 12.0 Å². The fraction of sp³-hybridized carbons (Fsp3) is 0.562. The minimum absolute atomic E-state index is 0.0432. The summed E-state index contributed by atoms with van der Waals surface area (Å²) in [6.45, 7) is 3.67. The molecule has 0 heterocycles. The molecule has 3 N–H and O–H groups in total. The average Bonchev–Trinajstić information content (AvgIpc) is 3.18. The highest BCUT2D eigenvalue weighted by Gasteiger charge is 2.41. The molecule has 1 aromatic carbocycles. The highest BCUT2D eigenvalue weighted by Crippen LogP contribution is 2.48. The van der Waals surface area contributed by atoms with Gasteiger partial charge in [-0.2, -0.15) is 0 Å². The van der Waals surface area contributed by atoms with Crippen LogP contribution in [-0.4, -0.2) is 19.0 Å². The average molecular weight is 260 g/mol. The van der Waals surface area contributed by atoms with Crippen LogP contribution in [0, 0.1) is 5.41 Å². The maximum Gasteiger partial charge on any atom is 0.251 e. The number of nitrogens with one attached hydrogen (secondary N) is 1. The van der Waals surface area contributed by atoms with E-state index in [-0.39, 0.29) is 5.91 Å². The topological polar surface area (TPSA) is 55.1 Å². The van der Waals surface area contributed by atoms with E-state index in [0.717, 1.165) is 18.5 Å². The van der Waals surface area contributed by atoms with Crippen LogP contribution in [0.5, 0.6) is 0 Å². The molecule has 0 unspecified atom stereocenters. The first-order valence-electron chi connectivity index (χ1n) is 7.26. The molecule has 104 valence electrons. The Hall–Kier alpha value is -1.35. The second-order valence-electron chi connectivity index (χ2n) is 5.67. The summed E-state index contributed by atoms with van der Waals surface area (Å²) in [7, 11) is 0. The minimum atomic E-state index is 0.0432. The minimum Gasteiger partial charge on any atom is -0.351 e. The lowest BCUT2D eigenvalue weighted by molar-refractivity contribution is 0.0943. The summed E-state index contributed by atoms with van der Waals surface area (Å²) in [4.78, 5) is 12.1. The van der Waals surface area contributed by atoms with Gasteiger partial charge in [0.2, 0.25) is 0 Å². The van der Waals surface area contributed by atoms with E-state index in [2.05, 4.69) is 12.2 Å². The predicted octanol–water partition coefficient (Wildman–Crippen LogP) is 2.50. The van der Waals surface area contributed by atoms with Gasteiger partial charge in [0.25, 0.3) is 5.91 Å². The largest absolute Gasteiger partial charge is 0.351 e. The van der Waals surface area contributed by atoms with Crippen molar-refractivity contribution in [1.82, 2.24) is 5.32 Å². The lowest BCUT2D eigenvalue weighted by Crippen LogP contribution is -2.30. The highest BCUT2D eigenvalue weighted by atomic mass is 16.1. The second-order valence-corrected chi connectivity index (χ2v) is 5.67. The summed E-state index contributed by atoms with van der Waals surface area (Å²) in [5.74, 6) is 0.0432. The molecule has 2 rings (SSSR count). The van der Waals surface area contributed by atoms with Gasteiger partial charge >= 0.3 is 0 Å². The van der Waals surface area contributed by atoms with E-state index in [9.17, 15) is 4.79 Å². The van der Waals surface area contributed by atoms with Gasteiger partial charge < -0.3 is 11.1 Å². The maximum atomic E-state index is 12.1. The molecule has 0 aliphatic heterocycles. The predicted molar refractivity (Wildman–Crippen MR) is 78.1 cm³/mol. The van der Waals surface area contributed by atoms with Crippen LogP contribution in [0.25, 0.3) is 0 Å². The molecule has 1 aliphatic carbocycles. The van der Waals surface area contributed by atoms with Crippen molar-refractivity contribution >= 4 is 5.91 Å². The Morgan fingerprint density at radius 2 is 2.00 bits per heavy atom. The van der Waals surface area contributed by atoms with Crippen LogP contribution in [0.2, 0.25) is 0 Å². The summed E-state index contributed by atoms with van der Waals surface area (Å²) in [6.07, 6.45) is 5.81. The van der Waals surface area contributed by atoms with E-state index >= 15 is 0 Å². The lowest BCUT2D eigenvalue weighted by atomic mass is 10.0. The van der Waals surface area contributed by atoms with E-state index in [1.54, 1.807) is 0 Å². The van der Waals surface area contributed by atoms with Gasteiger partial charge in [0, 0.05) is 12.1 Å². The van der Waals surface area contributed by atoms with E-state index in [1.165, 1.54) is 31.2 Å². The number of hydrogen-bond acceptors (Lipinski definition) is 2. The summed E-state index contributed by atoms with van der Waals surface area (Å²) in [5.41, 5.74) is 7.84. The zero-order chi connectivity index (χ0) is 13.7. The van der Waals surface area contributed by atoms with Gasteiger partial charge in [0.15, 0.2) is 0 Å². The van der Waals surface area contributed by atoms with Gasteiger partial charge in [0.05, 0.1) is 0 Å². The molecule has 0 saturated heterocycles. The molecular formula is C16H24N2O. The van der Waals surface area contributed by atoms with Crippen molar-refractivity contribution in [2.75, 3.05) is 13.1 Å². The van der Waals surface area contributed by atoms with Gasteiger partial charge in [-0.3, -0.25) is 4.79 Å². The number of nitrogens with two attached hydrogens (primary N) is 1. The van der Waals surface area contributed by atoms with Crippen LogP contribution in [0.4, 0.5) is 0 Å². The summed E-state index contributed by atoms with van der Waals surface area (Å²) >= 11 is 0. The van der Waals surface area contributed by atoms with Gasteiger partial charge in [-0.05, 0) is 55.3 Å². The van der Waals surface area contributed by atoms with E-state index in [4.69, 9.17) is 5.73 Å². The molecule has 3 nitrogen and oxygen atoms in total. The maximum absolute atomic E-state index is 12.1. The van der Waals surface area contributed by atoms with Crippen LogP contribution in [0.3, 0.4) is 0 Å². The van der Waals surface area contributed by atoms with Crippen molar-refractivity contribution < 1.29 is 4.79 Å². The van der Waals surface area contributed by atoms with Gasteiger partial charge in [0.1, 0.15) is 0 Å². The van der Waals surface area contributed by atoms with Crippen LogP contribution >= 0.6 is 0 Å². The number of rotatable bonds is 7. The highest BCUT2D eigenvalue weighted by molar-refractivity contribution is 5.94. The molecule has 1 aromatic rings. The molecule has 19 heavy (non-hydrogen) atoms. The molecule has 3 heteroatoms. The molecule has 0 atom stereocenters. The van der Waals surface area contributed by atoms with E-state index < -0.39 is 0 Å². The van der Waals surface area contributed by atoms with Gasteiger partial charge in [-0.1, -0.05) is 25.5 Å². The molecule has 1 fully saturated rings. The van der Waals surface area contributed by atoms with Gasteiger partial charge in [-0.15, -0.1) is 0 Å². The molecule has 1 amide bonds. The Morgan fingerprint density at radius 1 is 1.32 bits per heavy atom. The Bertz CT molecular complexity index is 421. The summed E-state index contributed by atoms with van der Waals surface area (Å²) in [5, 5.41) is 3.07.